The number of rotatable bonds is 5. The van der Waals surface area contributed by atoms with Gasteiger partial charge in [0.15, 0.2) is 0 Å². The van der Waals surface area contributed by atoms with Crippen LogP contribution in [0.5, 0.6) is 0 Å². The first-order chi connectivity index (χ1) is 13.2. The van der Waals surface area contributed by atoms with E-state index in [-0.39, 0.29) is 11.6 Å². The van der Waals surface area contributed by atoms with Crippen LogP contribution in [0.3, 0.4) is 0 Å². The maximum Gasteiger partial charge on any atom is 0.222 e. The molecule has 0 unspecified atom stereocenters. The second-order valence-corrected chi connectivity index (χ2v) is 6.09. The minimum Gasteiger partial charge on any atom is -0.395 e. The van der Waals surface area contributed by atoms with Gasteiger partial charge in [-0.1, -0.05) is 11.6 Å². The molecule has 0 saturated carbocycles. The van der Waals surface area contributed by atoms with Crippen LogP contribution in [0, 0.1) is 5.82 Å². The van der Waals surface area contributed by atoms with E-state index in [4.69, 9.17) is 16.7 Å². The van der Waals surface area contributed by atoms with E-state index in [2.05, 4.69) is 25.3 Å². The fraction of sp³-hybridized carbons (Fsp3) is 0.111. The Morgan fingerprint density at radius 2 is 1.96 bits per heavy atom. The van der Waals surface area contributed by atoms with E-state index >= 15 is 0 Å². The number of pyridine rings is 1. The zero-order valence-corrected chi connectivity index (χ0v) is 14.7. The van der Waals surface area contributed by atoms with Gasteiger partial charge in [-0.3, -0.25) is 9.55 Å². The number of fused-ring (bicyclic) bond motifs is 1. The lowest BCUT2D eigenvalue weighted by Crippen LogP contribution is -2.08. The molecule has 3 aromatic heterocycles. The molecule has 0 amide bonds. The molecular weight excluding hydrogens is 371 g/mol. The van der Waals surface area contributed by atoms with Gasteiger partial charge in [-0.2, -0.15) is 0 Å². The van der Waals surface area contributed by atoms with Crippen molar-refractivity contribution in [1.82, 2.24) is 24.5 Å². The minimum absolute atomic E-state index is 0.0178. The Labute approximate surface area is 158 Å². The normalized spacial score (nSPS) is 11.1. The molecule has 0 aliphatic carbocycles. The summed E-state index contributed by atoms with van der Waals surface area (Å²) in [6.45, 7) is 0.337. The molecule has 3 heterocycles. The van der Waals surface area contributed by atoms with Crippen LogP contribution in [0.15, 0.2) is 49.1 Å². The summed E-state index contributed by atoms with van der Waals surface area (Å²) in [5.41, 5.74) is 2.63. The van der Waals surface area contributed by atoms with Crippen LogP contribution in [-0.4, -0.2) is 42.8 Å². The van der Waals surface area contributed by atoms with Crippen molar-refractivity contribution in [3.05, 3.63) is 59.9 Å². The standard InChI is InChI=1S/C18H14ClFN6O/c19-13-2-1-12(7-14(13)20)26-16-10-21-4-3-15(16)25-17(26)11-8-23-18(24-9-11)22-5-6-27/h1-4,7-10,27H,5-6H2,(H,22,23,24). The summed E-state index contributed by atoms with van der Waals surface area (Å²) in [7, 11) is 0. The Balaban J connectivity index is 1.86. The number of aliphatic hydroxyl groups is 1. The van der Waals surface area contributed by atoms with Crippen molar-refractivity contribution >= 4 is 28.6 Å². The largest absolute Gasteiger partial charge is 0.395 e. The molecule has 2 N–H and O–H groups in total. The maximum atomic E-state index is 14.0. The number of nitrogens with one attached hydrogen (secondary N) is 1. The molecule has 0 spiro atoms. The number of halogens is 2. The average molecular weight is 385 g/mol. The van der Waals surface area contributed by atoms with Crippen LogP contribution in [0.1, 0.15) is 0 Å². The molecule has 0 radical (unpaired) electrons. The highest BCUT2D eigenvalue weighted by atomic mass is 35.5. The number of hydrogen-bond acceptors (Lipinski definition) is 6. The maximum absolute atomic E-state index is 14.0. The Morgan fingerprint density at radius 1 is 1.15 bits per heavy atom. The Kier molecular flexibility index (Phi) is 4.66. The van der Waals surface area contributed by atoms with Crippen LogP contribution in [0.2, 0.25) is 5.02 Å². The quantitative estimate of drug-likeness (QED) is 0.549. The van der Waals surface area contributed by atoms with Crippen molar-refractivity contribution in [3.8, 4) is 17.1 Å². The predicted octanol–water partition coefficient (Wildman–Crippen LogP) is 3.07. The zero-order valence-electron chi connectivity index (χ0n) is 14.0. The number of anilines is 1. The van der Waals surface area contributed by atoms with Gasteiger partial charge in [0.1, 0.15) is 11.6 Å². The van der Waals surface area contributed by atoms with Crippen LogP contribution in [0.25, 0.3) is 28.1 Å². The number of aromatic nitrogens is 5. The van der Waals surface area contributed by atoms with Crippen molar-refractivity contribution in [1.29, 1.82) is 0 Å². The fourth-order valence-corrected chi connectivity index (χ4v) is 2.82. The van der Waals surface area contributed by atoms with E-state index < -0.39 is 5.82 Å². The van der Waals surface area contributed by atoms with Gasteiger partial charge in [-0.15, -0.1) is 0 Å². The Bertz CT molecular complexity index is 1100. The molecule has 0 aliphatic heterocycles. The minimum atomic E-state index is -0.523. The number of imidazole rings is 1. The highest BCUT2D eigenvalue weighted by Crippen LogP contribution is 2.29. The lowest BCUT2D eigenvalue weighted by atomic mass is 10.2. The first-order valence-electron chi connectivity index (χ1n) is 8.12. The fourth-order valence-electron chi connectivity index (χ4n) is 2.71. The van der Waals surface area contributed by atoms with Gasteiger partial charge in [-0.25, -0.2) is 19.3 Å². The van der Waals surface area contributed by atoms with E-state index in [1.807, 2.05) is 0 Å². The topological polar surface area (TPSA) is 88.8 Å². The number of aliphatic hydroxyl groups excluding tert-OH is 1. The average Bonchev–Trinajstić information content (AvgIpc) is 3.08. The molecule has 0 bridgehead atoms. The predicted molar refractivity (Wildman–Crippen MR) is 100 cm³/mol. The summed E-state index contributed by atoms with van der Waals surface area (Å²) in [6.07, 6.45) is 6.54. The second kappa shape index (κ2) is 7.26. The molecule has 9 heteroatoms. The van der Waals surface area contributed by atoms with Crippen LogP contribution < -0.4 is 5.32 Å². The molecule has 0 atom stereocenters. The summed E-state index contributed by atoms with van der Waals surface area (Å²) < 4.78 is 15.8. The molecule has 27 heavy (non-hydrogen) atoms. The van der Waals surface area contributed by atoms with E-state index in [0.29, 0.717) is 35.1 Å². The zero-order chi connectivity index (χ0) is 18.8. The summed E-state index contributed by atoms with van der Waals surface area (Å²) in [5, 5.41) is 11.8. The van der Waals surface area contributed by atoms with Gasteiger partial charge >= 0.3 is 0 Å². The molecule has 136 valence electrons. The van der Waals surface area contributed by atoms with E-state index in [1.54, 1.807) is 41.5 Å². The third-order valence-electron chi connectivity index (χ3n) is 3.92. The first kappa shape index (κ1) is 17.3. The van der Waals surface area contributed by atoms with Crippen molar-refractivity contribution in [2.24, 2.45) is 0 Å². The van der Waals surface area contributed by atoms with Gasteiger partial charge in [0.2, 0.25) is 5.95 Å². The van der Waals surface area contributed by atoms with E-state index in [9.17, 15) is 4.39 Å². The lowest BCUT2D eigenvalue weighted by Gasteiger charge is -2.10. The third-order valence-corrected chi connectivity index (χ3v) is 4.23. The SMILES string of the molecule is OCCNc1ncc(-c2nc3ccncc3n2-c2ccc(Cl)c(F)c2)cn1. The first-order valence-corrected chi connectivity index (χ1v) is 8.50. The van der Waals surface area contributed by atoms with Gasteiger partial charge < -0.3 is 10.4 Å². The molecule has 0 aliphatic rings. The van der Waals surface area contributed by atoms with Crippen LogP contribution >= 0.6 is 11.6 Å². The van der Waals surface area contributed by atoms with Crippen LogP contribution in [0.4, 0.5) is 10.3 Å². The Hall–Kier alpha value is -3.10. The summed E-state index contributed by atoms with van der Waals surface area (Å²) in [4.78, 5) is 17.2. The Morgan fingerprint density at radius 3 is 2.70 bits per heavy atom. The third kappa shape index (κ3) is 3.32. The molecule has 7 nitrogen and oxygen atoms in total. The van der Waals surface area contributed by atoms with Crippen molar-refractivity contribution in [2.45, 2.75) is 0 Å². The monoisotopic (exact) mass is 384 g/mol. The molecule has 0 saturated heterocycles. The van der Waals surface area contributed by atoms with Gasteiger partial charge in [0.05, 0.1) is 40.1 Å². The summed E-state index contributed by atoms with van der Waals surface area (Å²) in [6, 6.07) is 6.33. The highest BCUT2D eigenvalue weighted by Gasteiger charge is 2.16. The molecule has 1 aromatic carbocycles. The van der Waals surface area contributed by atoms with Gasteiger partial charge in [-0.05, 0) is 24.3 Å². The number of benzene rings is 1. The van der Waals surface area contributed by atoms with Crippen molar-refractivity contribution < 1.29 is 9.50 Å². The van der Waals surface area contributed by atoms with Crippen LogP contribution in [-0.2, 0) is 0 Å². The lowest BCUT2D eigenvalue weighted by molar-refractivity contribution is 0.311. The van der Waals surface area contributed by atoms with Gasteiger partial charge in [0.25, 0.3) is 0 Å². The van der Waals surface area contributed by atoms with Crippen molar-refractivity contribution in [3.63, 3.8) is 0 Å². The molecule has 4 rings (SSSR count). The van der Waals surface area contributed by atoms with Gasteiger partial charge in [0, 0.05) is 25.1 Å². The number of nitrogens with zero attached hydrogens (tertiary/aromatic N) is 5. The van der Waals surface area contributed by atoms with E-state index in [0.717, 1.165) is 5.52 Å². The van der Waals surface area contributed by atoms with E-state index in [1.165, 1.54) is 12.1 Å². The molecule has 0 fully saturated rings. The number of hydrogen-bond donors (Lipinski definition) is 2. The smallest absolute Gasteiger partial charge is 0.222 e. The summed E-state index contributed by atoms with van der Waals surface area (Å²) in [5.74, 6) is 0.425. The van der Waals surface area contributed by atoms with Crippen molar-refractivity contribution in [2.75, 3.05) is 18.5 Å². The highest BCUT2D eigenvalue weighted by molar-refractivity contribution is 6.30. The summed E-state index contributed by atoms with van der Waals surface area (Å²) >= 11 is 5.82. The second-order valence-electron chi connectivity index (χ2n) is 5.68. The molecule has 4 aromatic rings. The molecular formula is C18H14ClFN6O.